The Labute approximate surface area is 140 Å². The van der Waals surface area contributed by atoms with Gasteiger partial charge in [-0.25, -0.2) is 0 Å². The van der Waals surface area contributed by atoms with Gasteiger partial charge in [0.2, 0.25) is 11.8 Å². The zero-order chi connectivity index (χ0) is 16.7. The van der Waals surface area contributed by atoms with Crippen LogP contribution in [0.4, 0.5) is 5.69 Å². The first-order chi connectivity index (χ1) is 11.6. The monoisotopic (exact) mass is 324 g/mol. The van der Waals surface area contributed by atoms with Gasteiger partial charge in [0.25, 0.3) is 0 Å². The van der Waals surface area contributed by atoms with Crippen molar-refractivity contribution in [1.29, 1.82) is 0 Å². The summed E-state index contributed by atoms with van der Waals surface area (Å²) in [5.41, 5.74) is 2.74. The molecule has 2 aliphatic heterocycles. The fourth-order valence-electron chi connectivity index (χ4n) is 3.82. The summed E-state index contributed by atoms with van der Waals surface area (Å²) in [4.78, 5) is 27.2. The summed E-state index contributed by atoms with van der Waals surface area (Å²) >= 11 is 0. The van der Waals surface area contributed by atoms with Crippen molar-refractivity contribution >= 4 is 17.5 Å². The van der Waals surface area contributed by atoms with Crippen LogP contribution in [0.5, 0.6) is 0 Å². The van der Waals surface area contributed by atoms with Gasteiger partial charge in [-0.15, -0.1) is 0 Å². The zero-order valence-corrected chi connectivity index (χ0v) is 13.6. The molecule has 0 radical (unpaired) electrons. The SMILES string of the molecule is Cn1cc([C@@H]2CCCN2C(=O)[C@@H]2CC(=O)Nc3ccccc32)cn1. The summed E-state index contributed by atoms with van der Waals surface area (Å²) < 4.78 is 1.76. The number of carbonyl (C=O) groups excluding carboxylic acids is 2. The van der Waals surface area contributed by atoms with Gasteiger partial charge < -0.3 is 10.2 Å². The molecule has 1 N–H and O–H groups in total. The van der Waals surface area contributed by atoms with E-state index in [-0.39, 0.29) is 24.3 Å². The van der Waals surface area contributed by atoms with Gasteiger partial charge in [0.05, 0.1) is 18.2 Å². The lowest BCUT2D eigenvalue weighted by molar-refractivity contribution is -0.135. The van der Waals surface area contributed by atoms with Crippen LogP contribution in [0.1, 0.15) is 42.3 Å². The van der Waals surface area contributed by atoms with Crippen LogP contribution in [0.3, 0.4) is 0 Å². The topological polar surface area (TPSA) is 67.2 Å². The summed E-state index contributed by atoms with van der Waals surface area (Å²) in [5.74, 6) is -0.444. The fourth-order valence-corrected chi connectivity index (χ4v) is 3.82. The van der Waals surface area contributed by atoms with Gasteiger partial charge in [-0.05, 0) is 24.5 Å². The second-order valence-electron chi connectivity index (χ2n) is 6.53. The van der Waals surface area contributed by atoms with Crippen LogP contribution in [-0.4, -0.2) is 33.0 Å². The van der Waals surface area contributed by atoms with Crippen molar-refractivity contribution in [2.75, 3.05) is 11.9 Å². The van der Waals surface area contributed by atoms with Gasteiger partial charge in [-0.2, -0.15) is 5.10 Å². The largest absolute Gasteiger partial charge is 0.335 e. The minimum Gasteiger partial charge on any atom is -0.335 e. The molecule has 2 atom stereocenters. The summed E-state index contributed by atoms with van der Waals surface area (Å²) in [6.07, 6.45) is 5.94. The minimum atomic E-state index is -0.396. The third-order valence-corrected chi connectivity index (χ3v) is 4.94. The molecule has 2 amide bonds. The van der Waals surface area contributed by atoms with Crippen LogP contribution in [-0.2, 0) is 16.6 Å². The van der Waals surface area contributed by atoms with Gasteiger partial charge in [-0.1, -0.05) is 18.2 Å². The summed E-state index contributed by atoms with van der Waals surface area (Å²) in [6.45, 7) is 0.735. The normalized spacial score (nSPS) is 23.0. The molecule has 1 aromatic heterocycles. The third-order valence-electron chi connectivity index (χ3n) is 4.94. The number of para-hydroxylation sites is 1. The Morgan fingerprint density at radius 1 is 1.33 bits per heavy atom. The molecule has 2 aromatic rings. The van der Waals surface area contributed by atoms with E-state index in [1.807, 2.05) is 48.6 Å². The predicted octanol–water partition coefficient (Wildman–Crippen LogP) is 2.21. The van der Waals surface area contributed by atoms with E-state index >= 15 is 0 Å². The van der Waals surface area contributed by atoms with Gasteiger partial charge in [0, 0.05) is 37.5 Å². The predicted molar refractivity (Wildman–Crippen MR) is 89.3 cm³/mol. The number of likely N-dealkylation sites (tertiary alicyclic amines) is 1. The average molecular weight is 324 g/mol. The second-order valence-corrected chi connectivity index (χ2v) is 6.53. The van der Waals surface area contributed by atoms with Gasteiger partial charge in [0.1, 0.15) is 0 Å². The van der Waals surface area contributed by atoms with Gasteiger partial charge >= 0.3 is 0 Å². The number of carbonyl (C=O) groups is 2. The Morgan fingerprint density at radius 3 is 2.96 bits per heavy atom. The van der Waals surface area contributed by atoms with Crippen LogP contribution >= 0.6 is 0 Å². The lowest BCUT2D eigenvalue weighted by Crippen LogP contribution is -2.38. The number of aryl methyl sites for hydroxylation is 1. The van der Waals surface area contributed by atoms with Gasteiger partial charge in [-0.3, -0.25) is 14.3 Å². The molecule has 1 fully saturated rings. The van der Waals surface area contributed by atoms with Crippen LogP contribution in [0.25, 0.3) is 0 Å². The van der Waals surface area contributed by atoms with Crippen molar-refractivity contribution in [3.05, 3.63) is 47.8 Å². The molecule has 4 rings (SSSR count). The molecule has 6 heteroatoms. The lowest BCUT2D eigenvalue weighted by Gasteiger charge is -2.31. The van der Waals surface area contributed by atoms with Crippen molar-refractivity contribution in [3.8, 4) is 0 Å². The summed E-state index contributed by atoms with van der Waals surface area (Å²) in [7, 11) is 1.88. The van der Waals surface area contributed by atoms with Crippen LogP contribution in [0.15, 0.2) is 36.7 Å². The van der Waals surface area contributed by atoms with E-state index in [4.69, 9.17) is 0 Å². The Morgan fingerprint density at radius 2 is 2.17 bits per heavy atom. The molecule has 1 aromatic carbocycles. The Hall–Kier alpha value is -2.63. The first-order valence-electron chi connectivity index (χ1n) is 8.31. The zero-order valence-electron chi connectivity index (χ0n) is 13.6. The maximum absolute atomic E-state index is 13.2. The van der Waals surface area contributed by atoms with E-state index in [1.165, 1.54) is 0 Å². The first-order valence-corrected chi connectivity index (χ1v) is 8.31. The molecular formula is C18H20N4O2. The molecular weight excluding hydrogens is 304 g/mol. The van der Waals surface area contributed by atoms with Crippen LogP contribution in [0.2, 0.25) is 0 Å². The molecule has 2 aliphatic rings. The Balaban J connectivity index is 1.64. The molecule has 0 aliphatic carbocycles. The van der Waals surface area contributed by atoms with Crippen LogP contribution < -0.4 is 5.32 Å². The lowest BCUT2D eigenvalue weighted by atomic mass is 9.89. The summed E-state index contributed by atoms with van der Waals surface area (Å²) in [6, 6.07) is 7.64. The van der Waals surface area contributed by atoms with Gasteiger partial charge in [0.15, 0.2) is 0 Å². The van der Waals surface area contributed by atoms with E-state index < -0.39 is 5.92 Å². The highest BCUT2D eigenvalue weighted by molar-refractivity contribution is 6.01. The number of benzene rings is 1. The Kier molecular flexibility index (Phi) is 3.59. The molecule has 0 saturated carbocycles. The molecule has 1 saturated heterocycles. The maximum atomic E-state index is 13.2. The highest BCUT2D eigenvalue weighted by Crippen LogP contribution is 2.38. The highest BCUT2D eigenvalue weighted by Gasteiger charge is 2.38. The van der Waals surface area contributed by atoms with Crippen molar-refractivity contribution in [3.63, 3.8) is 0 Å². The third kappa shape index (κ3) is 2.48. The molecule has 3 heterocycles. The number of nitrogens with zero attached hydrogens (tertiary/aromatic N) is 3. The van der Waals surface area contributed by atoms with E-state index in [1.54, 1.807) is 4.68 Å². The minimum absolute atomic E-state index is 0.0450. The number of fused-ring (bicyclic) bond motifs is 1. The van der Waals surface area contributed by atoms with Crippen molar-refractivity contribution in [2.24, 2.45) is 7.05 Å². The van der Waals surface area contributed by atoms with E-state index in [0.29, 0.717) is 0 Å². The highest BCUT2D eigenvalue weighted by atomic mass is 16.2. The van der Waals surface area contributed by atoms with Crippen molar-refractivity contribution < 1.29 is 9.59 Å². The maximum Gasteiger partial charge on any atom is 0.231 e. The number of amides is 2. The molecule has 0 unspecified atom stereocenters. The second kappa shape index (κ2) is 5.78. The van der Waals surface area contributed by atoms with E-state index in [9.17, 15) is 9.59 Å². The molecule has 0 spiro atoms. The van der Waals surface area contributed by atoms with Crippen LogP contribution in [0, 0.1) is 0 Å². The number of hydrogen-bond acceptors (Lipinski definition) is 3. The standard InChI is InChI=1S/C18H20N4O2/c1-21-11-12(10-19-21)16-7-4-8-22(16)18(24)14-9-17(23)20-15-6-3-2-5-13(14)15/h2-3,5-6,10-11,14,16H,4,7-9H2,1H3,(H,20,23)/t14-,16+/m1/s1. The number of anilines is 1. The number of rotatable bonds is 2. The van der Waals surface area contributed by atoms with E-state index in [2.05, 4.69) is 10.4 Å². The molecule has 124 valence electrons. The molecule has 24 heavy (non-hydrogen) atoms. The molecule has 6 nitrogen and oxygen atoms in total. The number of hydrogen-bond donors (Lipinski definition) is 1. The van der Waals surface area contributed by atoms with E-state index in [0.717, 1.165) is 36.2 Å². The average Bonchev–Trinajstić information content (AvgIpc) is 3.21. The fraction of sp³-hybridized carbons (Fsp3) is 0.389. The quantitative estimate of drug-likeness (QED) is 0.921. The number of nitrogens with one attached hydrogen (secondary N) is 1. The Bertz CT molecular complexity index is 798. The van der Waals surface area contributed by atoms with Crippen molar-refractivity contribution in [1.82, 2.24) is 14.7 Å². The number of aromatic nitrogens is 2. The molecule has 0 bridgehead atoms. The smallest absolute Gasteiger partial charge is 0.231 e. The van der Waals surface area contributed by atoms with Crippen molar-refractivity contribution in [2.45, 2.75) is 31.2 Å². The summed E-state index contributed by atoms with van der Waals surface area (Å²) in [5, 5.41) is 7.09. The first kappa shape index (κ1) is 14.9.